The topological polar surface area (TPSA) is 59.4 Å². The maximum atomic E-state index is 13.1. The van der Waals surface area contributed by atoms with Gasteiger partial charge in [0.25, 0.3) is 0 Å². The van der Waals surface area contributed by atoms with Gasteiger partial charge < -0.3 is 9.84 Å². The molecule has 1 aromatic carbocycles. The fourth-order valence-electron chi connectivity index (χ4n) is 1.43. The Balaban J connectivity index is 2.29. The van der Waals surface area contributed by atoms with E-state index in [2.05, 4.69) is 4.98 Å². The minimum absolute atomic E-state index is 0.0626. The minimum Gasteiger partial charge on any atom is -0.478 e. The van der Waals surface area contributed by atoms with Gasteiger partial charge >= 0.3 is 5.97 Å². The second-order valence-corrected chi connectivity index (χ2v) is 3.75. The number of carboxylic acid groups (broad SMARTS) is 1. The van der Waals surface area contributed by atoms with Gasteiger partial charge in [0.1, 0.15) is 5.75 Å². The Bertz CT molecular complexity index is 671. The van der Waals surface area contributed by atoms with Crippen molar-refractivity contribution in [3.8, 4) is 11.6 Å². The number of carboxylic acids is 1. The zero-order valence-corrected chi connectivity index (χ0v) is 10.1. The Morgan fingerprint density at radius 3 is 2.75 bits per heavy atom. The van der Waals surface area contributed by atoms with Crippen molar-refractivity contribution in [1.29, 1.82) is 0 Å². The molecule has 0 unspecified atom stereocenters. The van der Waals surface area contributed by atoms with E-state index < -0.39 is 17.6 Å². The van der Waals surface area contributed by atoms with Crippen LogP contribution in [-0.2, 0) is 4.79 Å². The predicted octanol–water partition coefficient (Wildman–Crippen LogP) is 3.25. The van der Waals surface area contributed by atoms with Gasteiger partial charge in [0, 0.05) is 23.9 Å². The van der Waals surface area contributed by atoms with Crippen LogP contribution in [0.1, 0.15) is 5.56 Å². The van der Waals surface area contributed by atoms with Crippen LogP contribution in [0, 0.1) is 11.6 Å². The summed E-state index contributed by atoms with van der Waals surface area (Å²) in [6, 6.07) is 6.24. The molecule has 102 valence electrons. The van der Waals surface area contributed by atoms with Gasteiger partial charge in [-0.3, -0.25) is 0 Å². The van der Waals surface area contributed by atoms with E-state index in [4.69, 9.17) is 9.84 Å². The zero-order valence-electron chi connectivity index (χ0n) is 10.1. The molecule has 1 aromatic heterocycles. The lowest BCUT2D eigenvalue weighted by atomic mass is 10.2. The lowest BCUT2D eigenvalue weighted by Gasteiger charge is -2.07. The average Bonchev–Trinajstić information content (AvgIpc) is 2.42. The Hall–Kier alpha value is -2.76. The molecule has 20 heavy (non-hydrogen) atoms. The summed E-state index contributed by atoms with van der Waals surface area (Å²) in [4.78, 5) is 14.4. The standard InChI is InChI=1S/C14H9F2NO3/c15-11-5-4-10(8-12(11)16)20-14-9(2-1-7-17-14)3-6-13(18)19/h1-8H,(H,18,19)/b6-3+. The Labute approximate surface area is 113 Å². The number of aromatic nitrogens is 1. The fourth-order valence-corrected chi connectivity index (χ4v) is 1.43. The summed E-state index contributed by atoms with van der Waals surface area (Å²) in [5.41, 5.74) is 0.402. The summed E-state index contributed by atoms with van der Waals surface area (Å²) in [5, 5.41) is 8.58. The summed E-state index contributed by atoms with van der Waals surface area (Å²) in [5.74, 6) is -2.98. The third-order valence-corrected chi connectivity index (χ3v) is 2.31. The lowest BCUT2D eigenvalue weighted by Crippen LogP contribution is -1.93. The number of nitrogens with zero attached hydrogens (tertiary/aromatic N) is 1. The number of hydrogen-bond donors (Lipinski definition) is 1. The molecule has 1 heterocycles. The largest absolute Gasteiger partial charge is 0.478 e. The molecule has 0 saturated carbocycles. The highest BCUT2D eigenvalue weighted by Crippen LogP contribution is 2.25. The molecule has 0 saturated heterocycles. The number of halogens is 2. The van der Waals surface area contributed by atoms with Gasteiger partial charge in [0.2, 0.25) is 5.88 Å². The van der Waals surface area contributed by atoms with E-state index >= 15 is 0 Å². The van der Waals surface area contributed by atoms with E-state index in [1.54, 1.807) is 12.1 Å². The van der Waals surface area contributed by atoms with Crippen LogP contribution in [0.15, 0.2) is 42.6 Å². The Morgan fingerprint density at radius 1 is 1.25 bits per heavy atom. The van der Waals surface area contributed by atoms with Gasteiger partial charge in [-0.1, -0.05) is 0 Å². The fraction of sp³-hybridized carbons (Fsp3) is 0. The first-order valence-electron chi connectivity index (χ1n) is 5.55. The van der Waals surface area contributed by atoms with E-state index in [0.29, 0.717) is 5.56 Å². The molecular weight excluding hydrogens is 268 g/mol. The van der Waals surface area contributed by atoms with Crippen LogP contribution in [0.4, 0.5) is 8.78 Å². The maximum absolute atomic E-state index is 13.1. The summed E-state index contributed by atoms with van der Waals surface area (Å²) in [6.45, 7) is 0. The molecule has 1 N–H and O–H groups in total. The number of rotatable bonds is 4. The molecule has 0 aliphatic rings. The summed E-state index contributed by atoms with van der Waals surface area (Å²) in [6.07, 6.45) is 3.66. The molecule has 0 radical (unpaired) electrons. The second-order valence-electron chi connectivity index (χ2n) is 3.75. The molecule has 0 aliphatic heterocycles. The van der Waals surface area contributed by atoms with E-state index in [1.165, 1.54) is 18.3 Å². The molecule has 0 atom stereocenters. The minimum atomic E-state index is -1.12. The third-order valence-electron chi connectivity index (χ3n) is 2.31. The Morgan fingerprint density at radius 2 is 2.05 bits per heavy atom. The summed E-state index contributed by atoms with van der Waals surface area (Å²) < 4.78 is 31.2. The van der Waals surface area contributed by atoms with Gasteiger partial charge in [-0.15, -0.1) is 0 Å². The molecular formula is C14H9F2NO3. The number of carbonyl (C=O) groups is 1. The van der Waals surface area contributed by atoms with Gasteiger partial charge in [-0.2, -0.15) is 0 Å². The van der Waals surface area contributed by atoms with Crippen LogP contribution in [0.3, 0.4) is 0 Å². The molecule has 0 aliphatic carbocycles. The van der Waals surface area contributed by atoms with Crippen molar-refractivity contribution in [1.82, 2.24) is 4.98 Å². The number of pyridine rings is 1. The van der Waals surface area contributed by atoms with E-state index in [0.717, 1.165) is 18.2 Å². The first-order valence-corrected chi connectivity index (χ1v) is 5.55. The van der Waals surface area contributed by atoms with Crippen molar-refractivity contribution in [2.75, 3.05) is 0 Å². The molecule has 0 spiro atoms. The molecule has 6 heteroatoms. The smallest absolute Gasteiger partial charge is 0.328 e. The third kappa shape index (κ3) is 3.38. The molecule has 4 nitrogen and oxygen atoms in total. The number of ether oxygens (including phenoxy) is 1. The van der Waals surface area contributed by atoms with Gasteiger partial charge in [0.05, 0.1) is 0 Å². The molecule has 0 bridgehead atoms. The average molecular weight is 277 g/mol. The van der Waals surface area contributed by atoms with Crippen molar-refractivity contribution in [2.24, 2.45) is 0 Å². The van der Waals surface area contributed by atoms with Crippen LogP contribution in [0.2, 0.25) is 0 Å². The van der Waals surface area contributed by atoms with Crippen molar-refractivity contribution >= 4 is 12.0 Å². The van der Waals surface area contributed by atoms with E-state index in [9.17, 15) is 13.6 Å². The monoisotopic (exact) mass is 277 g/mol. The van der Waals surface area contributed by atoms with Crippen molar-refractivity contribution in [2.45, 2.75) is 0 Å². The molecule has 0 fully saturated rings. The highest BCUT2D eigenvalue weighted by molar-refractivity contribution is 5.85. The van der Waals surface area contributed by atoms with Gasteiger partial charge in [-0.25, -0.2) is 18.6 Å². The van der Waals surface area contributed by atoms with Crippen LogP contribution < -0.4 is 4.74 Å². The van der Waals surface area contributed by atoms with Gasteiger partial charge in [0.15, 0.2) is 11.6 Å². The predicted molar refractivity (Wildman–Crippen MR) is 67.3 cm³/mol. The highest BCUT2D eigenvalue weighted by Gasteiger charge is 2.07. The number of hydrogen-bond acceptors (Lipinski definition) is 3. The number of aliphatic carboxylic acids is 1. The SMILES string of the molecule is O=C(O)/C=C/c1cccnc1Oc1ccc(F)c(F)c1. The summed E-state index contributed by atoms with van der Waals surface area (Å²) >= 11 is 0. The summed E-state index contributed by atoms with van der Waals surface area (Å²) in [7, 11) is 0. The number of benzene rings is 1. The van der Waals surface area contributed by atoms with E-state index in [1.807, 2.05) is 0 Å². The van der Waals surface area contributed by atoms with Crippen LogP contribution in [0.25, 0.3) is 6.08 Å². The van der Waals surface area contributed by atoms with Crippen molar-refractivity contribution < 1.29 is 23.4 Å². The molecule has 0 amide bonds. The van der Waals surface area contributed by atoms with Crippen LogP contribution >= 0.6 is 0 Å². The van der Waals surface area contributed by atoms with Crippen molar-refractivity contribution in [3.05, 3.63) is 59.8 Å². The first kappa shape index (κ1) is 13.7. The normalized spacial score (nSPS) is 10.7. The molecule has 2 rings (SSSR count). The van der Waals surface area contributed by atoms with Crippen LogP contribution in [0.5, 0.6) is 11.6 Å². The quantitative estimate of drug-likeness (QED) is 0.871. The highest BCUT2D eigenvalue weighted by atomic mass is 19.2. The van der Waals surface area contributed by atoms with Gasteiger partial charge in [-0.05, 0) is 30.3 Å². The molecule has 2 aromatic rings. The van der Waals surface area contributed by atoms with E-state index in [-0.39, 0.29) is 11.6 Å². The maximum Gasteiger partial charge on any atom is 0.328 e. The lowest BCUT2D eigenvalue weighted by molar-refractivity contribution is -0.131. The Kier molecular flexibility index (Phi) is 4.05. The van der Waals surface area contributed by atoms with Crippen molar-refractivity contribution in [3.63, 3.8) is 0 Å². The first-order chi connectivity index (χ1) is 9.56. The second kappa shape index (κ2) is 5.92. The zero-order chi connectivity index (χ0) is 14.5. The van der Waals surface area contributed by atoms with Crippen LogP contribution in [-0.4, -0.2) is 16.1 Å².